The highest BCUT2D eigenvalue weighted by atomic mass is 79.9. The molecule has 1 aromatic carbocycles. The SMILES string of the molecule is CNc1cccc(Nc2ccc(Br)cc2C)n1. The Balaban J connectivity index is 2.25. The first-order valence-corrected chi connectivity index (χ1v) is 6.16. The molecule has 1 heterocycles. The number of rotatable bonds is 3. The van der Waals surface area contributed by atoms with Crippen LogP contribution in [0.15, 0.2) is 40.9 Å². The maximum Gasteiger partial charge on any atom is 0.132 e. The summed E-state index contributed by atoms with van der Waals surface area (Å²) >= 11 is 3.45. The van der Waals surface area contributed by atoms with Crippen LogP contribution in [-0.4, -0.2) is 12.0 Å². The van der Waals surface area contributed by atoms with E-state index in [0.29, 0.717) is 0 Å². The van der Waals surface area contributed by atoms with Gasteiger partial charge in [-0.3, -0.25) is 0 Å². The van der Waals surface area contributed by atoms with Crippen LogP contribution in [-0.2, 0) is 0 Å². The molecule has 17 heavy (non-hydrogen) atoms. The van der Waals surface area contributed by atoms with Crippen molar-refractivity contribution in [3.8, 4) is 0 Å². The third-order valence-electron chi connectivity index (χ3n) is 2.46. The van der Waals surface area contributed by atoms with Gasteiger partial charge in [0.05, 0.1) is 0 Å². The van der Waals surface area contributed by atoms with E-state index in [2.05, 4.69) is 44.5 Å². The van der Waals surface area contributed by atoms with Gasteiger partial charge in [-0.15, -0.1) is 0 Å². The average Bonchev–Trinajstić information content (AvgIpc) is 2.33. The Bertz CT molecular complexity index is 526. The lowest BCUT2D eigenvalue weighted by Crippen LogP contribution is -1.98. The van der Waals surface area contributed by atoms with Gasteiger partial charge in [-0.1, -0.05) is 22.0 Å². The van der Waals surface area contributed by atoms with Gasteiger partial charge in [-0.2, -0.15) is 0 Å². The Labute approximate surface area is 109 Å². The lowest BCUT2D eigenvalue weighted by atomic mass is 10.2. The molecule has 0 aliphatic heterocycles. The zero-order chi connectivity index (χ0) is 12.3. The Morgan fingerprint density at radius 1 is 1.12 bits per heavy atom. The second-order valence-corrected chi connectivity index (χ2v) is 4.66. The Hall–Kier alpha value is -1.55. The third kappa shape index (κ3) is 2.97. The van der Waals surface area contributed by atoms with Gasteiger partial charge in [0, 0.05) is 17.2 Å². The molecule has 0 bridgehead atoms. The average molecular weight is 292 g/mol. The highest BCUT2D eigenvalue weighted by Crippen LogP contribution is 2.23. The summed E-state index contributed by atoms with van der Waals surface area (Å²) < 4.78 is 1.08. The van der Waals surface area contributed by atoms with E-state index in [9.17, 15) is 0 Å². The van der Waals surface area contributed by atoms with Gasteiger partial charge >= 0.3 is 0 Å². The monoisotopic (exact) mass is 291 g/mol. The topological polar surface area (TPSA) is 37.0 Å². The third-order valence-corrected chi connectivity index (χ3v) is 2.95. The van der Waals surface area contributed by atoms with Crippen LogP contribution in [0, 0.1) is 6.92 Å². The van der Waals surface area contributed by atoms with Gasteiger partial charge in [0.1, 0.15) is 11.6 Å². The summed E-state index contributed by atoms with van der Waals surface area (Å²) in [5.74, 6) is 1.69. The van der Waals surface area contributed by atoms with E-state index in [-0.39, 0.29) is 0 Å². The number of nitrogens with one attached hydrogen (secondary N) is 2. The number of nitrogens with zero attached hydrogens (tertiary/aromatic N) is 1. The highest BCUT2D eigenvalue weighted by molar-refractivity contribution is 9.10. The van der Waals surface area contributed by atoms with E-state index in [0.717, 1.165) is 21.8 Å². The van der Waals surface area contributed by atoms with Gasteiger partial charge in [-0.05, 0) is 42.8 Å². The second kappa shape index (κ2) is 5.19. The Kier molecular flexibility index (Phi) is 3.64. The zero-order valence-corrected chi connectivity index (χ0v) is 11.4. The summed E-state index contributed by atoms with van der Waals surface area (Å²) in [7, 11) is 1.86. The minimum atomic E-state index is 0.835. The minimum absolute atomic E-state index is 0.835. The van der Waals surface area contributed by atoms with Gasteiger partial charge in [0.2, 0.25) is 0 Å². The fourth-order valence-electron chi connectivity index (χ4n) is 1.55. The fourth-order valence-corrected chi connectivity index (χ4v) is 2.02. The molecule has 0 aliphatic carbocycles. The minimum Gasteiger partial charge on any atom is -0.373 e. The number of aromatic nitrogens is 1. The molecule has 2 rings (SSSR count). The Morgan fingerprint density at radius 2 is 1.88 bits per heavy atom. The van der Waals surface area contributed by atoms with E-state index in [1.807, 2.05) is 37.4 Å². The van der Waals surface area contributed by atoms with Crippen molar-refractivity contribution in [1.82, 2.24) is 4.98 Å². The lowest BCUT2D eigenvalue weighted by molar-refractivity contribution is 1.27. The van der Waals surface area contributed by atoms with Crippen LogP contribution in [0.5, 0.6) is 0 Å². The van der Waals surface area contributed by atoms with Crippen LogP contribution in [0.1, 0.15) is 5.56 Å². The molecule has 0 atom stereocenters. The van der Waals surface area contributed by atoms with Crippen LogP contribution in [0.3, 0.4) is 0 Å². The molecule has 0 saturated carbocycles. The molecule has 0 fully saturated rings. The quantitative estimate of drug-likeness (QED) is 0.899. The zero-order valence-electron chi connectivity index (χ0n) is 9.79. The summed E-state index contributed by atoms with van der Waals surface area (Å²) in [5.41, 5.74) is 2.24. The van der Waals surface area contributed by atoms with Crippen LogP contribution < -0.4 is 10.6 Å². The van der Waals surface area contributed by atoms with Crippen molar-refractivity contribution in [1.29, 1.82) is 0 Å². The molecule has 0 unspecified atom stereocenters. The lowest BCUT2D eigenvalue weighted by Gasteiger charge is -2.10. The molecule has 0 spiro atoms. The number of hydrogen-bond donors (Lipinski definition) is 2. The normalized spacial score (nSPS) is 10.1. The number of pyridine rings is 1. The summed E-state index contributed by atoms with van der Waals surface area (Å²) in [6.07, 6.45) is 0. The number of benzene rings is 1. The van der Waals surface area contributed by atoms with Crippen molar-refractivity contribution >= 4 is 33.3 Å². The molecule has 0 amide bonds. The van der Waals surface area contributed by atoms with Crippen molar-refractivity contribution in [2.24, 2.45) is 0 Å². The summed E-state index contributed by atoms with van der Waals surface area (Å²) in [4.78, 5) is 4.42. The number of anilines is 3. The molecule has 0 saturated heterocycles. The first-order valence-electron chi connectivity index (χ1n) is 5.37. The summed E-state index contributed by atoms with van der Waals surface area (Å²) in [6.45, 7) is 2.06. The van der Waals surface area contributed by atoms with E-state index in [1.165, 1.54) is 5.56 Å². The summed E-state index contributed by atoms with van der Waals surface area (Å²) in [5, 5.41) is 6.32. The standard InChI is InChI=1S/C13H14BrN3/c1-9-8-10(14)6-7-11(9)16-13-5-3-4-12(15-2)17-13/h3-8H,1-2H3,(H2,15,16,17). The number of halogens is 1. The van der Waals surface area contributed by atoms with Gasteiger partial charge in [0.25, 0.3) is 0 Å². The molecular formula is C13H14BrN3. The van der Waals surface area contributed by atoms with Gasteiger partial charge in [-0.25, -0.2) is 4.98 Å². The predicted molar refractivity (Wildman–Crippen MR) is 75.9 cm³/mol. The molecule has 4 heteroatoms. The molecule has 88 valence electrons. The molecule has 0 radical (unpaired) electrons. The number of hydrogen-bond acceptors (Lipinski definition) is 3. The first-order chi connectivity index (χ1) is 8.19. The van der Waals surface area contributed by atoms with Crippen molar-refractivity contribution in [3.05, 3.63) is 46.4 Å². The van der Waals surface area contributed by atoms with Crippen LogP contribution >= 0.6 is 15.9 Å². The van der Waals surface area contributed by atoms with Crippen molar-refractivity contribution in [2.75, 3.05) is 17.7 Å². The largest absolute Gasteiger partial charge is 0.373 e. The van der Waals surface area contributed by atoms with E-state index in [4.69, 9.17) is 0 Å². The maximum absolute atomic E-state index is 4.42. The van der Waals surface area contributed by atoms with E-state index in [1.54, 1.807) is 0 Å². The van der Waals surface area contributed by atoms with Crippen LogP contribution in [0.2, 0.25) is 0 Å². The molecule has 2 N–H and O–H groups in total. The predicted octanol–water partition coefficient (Wildman–Crippen LogP) is 3.94. The maximum atomic E-state index is 4.42. The van der Waals surface area contributed by atoms with Crippen molar-refractivity contribution in [3.63, 3.8) is 0 Å². The van der Waals surface area contributed by atoms with Gasteiger partial charge in [0.15, 0.2) is 0 Å². The second-order valence-electron chi connectivity index (χ2n) is 3.74. The van der Waals surface area contributed by atoms with Gasteiger partial charge < -0.3 is 10.6 Å². The Morgan fingerprint density at radius 3 is 2.59 bits per heavy atom. The van der Waals surface area contributed by atoms with E-state index >= 15 is 0 Å². The van der Waals surface area contributed by atoms with Crippen LogP contribution in [0.4, 0.5) is 17.3 Å². The van der Waals surface area contributed by atoms with Crippen molar-refractivity contribution < 1.29 is 0 Å². The van der Waals surface area contributed by atoms with Crippen molar-refractivity contribution in [2.45, 2.75) is 6.92 Å². The summed E-state index contributed by atoms with van der Waals surface area (Å²) in [6, 6.07) is 12.0. The molecular weight excluding hydrogens is 278 g/mol. The fraction of sp³-hybridized carbons (Fsp3) is 0.154. The smallest absolute Gasteiger partial charge is 0.132 e. The van der Waals surface area contributed by atoms with Crippen LogP contribution in [0.25, 0.3) is 0 Å². The first kappa shape index (κ1) is 11.9. The van der Waals surface area contributed by atoms with E-state index < -0.39 is 0 Å². The molecule has 3 nitrogen and oxygen atoms in total. The molecule has 1 aromatic heterocycles. The number of aryl methyl sites for hydroxylation is 1. The molecule has 0 aliphatic rings. The molecule has 2 aromatic rings. The highest BCUT2D eigenvalue weighted by Gasteiger charge is 2.01.